The molecule has 2 rings (SSSR count). The van der Waals surface area contributed by atoms with Crippen LogP contribution in [-0.4, -0.2) is 18.1 Å². The van der Waals surface area contributed by atoms with Crippen LogP contribution in [-0.2, 0) is 28.9 Å². The van der Waals surface area contributed by atoms with Crippen LogP contribution in [0, 0.1) is 5.92 Å². The highest BCUT2D eigenvalue weighted by atomic mass is 16.6. The van der Waals surface area contributed by atoms with Gasteiger partial charge < -0.3 is 10.1 Å². The molecule has 0 bridgehead atoms. The second-order valence-corrected chi connectivity index (χ2v) is 6.67. The van der Waals surface area contributed by atoms with Gasteiger partial charge in [-0.2, -0.15) is 0 Å². The smallest absolute Gasteiger partial charge is 0.309 e. The van der Waals surface area contributed by atoms with E-state index in [4.69, 9.17) is 4.74 Å². The minimum Gasteiger partial charge on any atom is -0.460 e. The molecule has 20 heavy (non-hydrogen) atoms. The van der Waals surface area contributed by atoms with E-state index in [9.17, 15) is 4.79 Å². The van der Waals surface area contributed by atoms with Crippen LogP contribution < -0.4 is 5.32 Å². The zero-order valence-electron chi connectivity index (χ0n) is 13.0. The first kappa shape index (κ1) is 15.0. The van der Waals surface area contributed by atoms with Crippen LogP contribution in [0.5, 0.6) is 0 Å². The van der Waals surface area contributed by atoms with Gasteiger partial charge in [0.25, 0.3) is 0 Å². The minimum atomic E-state index is -0.410. The molecular formula is C17H25NO2. The molecule has 110 valence electrons. The van der Waals surface area contributed by atoms with E-state index in [1.807, 2.05) is 27.7 Å². The van der Waals surface area contributed by atoms with Gasteiger partial charge in [-0.3, -0.25) is 4.79 Å². The van der Waals surface area contributed by atoms with Gasteiger partial charge in [-0.05, 0) is 56.8 Å². The van der Waals surface area contributed by atoms with Crippen LogP contribution in [0.4, 0.5) is 0 Å². The predicted octanol–water partition coefficient (Wildman–Crippen LogP) is 2.85. The molecule has 1 aliphatic rings. The predicted molar refractivity (Wildman–Crippen MR) is 80.6 cm³/mol. The number of hydrogen-bond acceptors (Lipinski definition) is 3. The number of esters is 1. The monoisotopic (exact) mass is 275 g/mol. The second-order valence-electron chi connectivity index (χ2n) is 6.67. The van der Waals surface area contributed by atoms with Crippen molar-refractivity contribution in [2.24, 2.45) is 5.92 Å². The maximum atomic E-state index is 12.0. The number of benzene rings is 1. The molecule has 0 amide bonds. The summed E-state index contributed by atoms with van der Waals surface area (Å²) >= 11 is 0. The third-order valence-electron chi connectivity index (χ3n) is 3.51. The van der Waals surface area contributed by atoms with Crippen LogP contribution in [0.15, 0.2) is 18.2 Å². The van der Waals surface area contributed by atoms with Gasteiger partial charge in [0.15, 0.2) is 0 Å². The molecule has 1 aromatic rings. The topological polar surface area (TPSA) is 38.3 Å². The Balaban J connectivity index is 2.01. The van der Waals surface area contributed by atoms with Crippen molar-refractivity contribution in [3.8, 4) is 0 Å². The number of carbonyl (C=O) groups is 1. The molecule has 1 heterocycles. The van der Waals surface area contributed by atoms with Gasteiger partial charge in [-0.25, -0.2) is 0 Å². The molecule has 1 aromatic carbocycles. The fourth-order valence-electron chi connectivity index (χ4n) is 2.50. The first-order valence-electron chi connectivity index (χ1n) is 7.39. The molecule has 1 atom stereocenters. The molecule has 0 saturated heterocycles. The van der Waals surface area contributed by atoms with Crippen molar-refractivity contribution < 1.29 is 9.53 Å². The van der Waals surface area contributed by atoms with E-state index < -0.39 is 5.60 Å². The summed E-state index contributed by atoms with van der Waals surface area (Å²) in [5, 5.41) is 3.37. The number of ether oxygens (including phenoxy) is 1. The lowest BCUT2D eigenvalue weighted by atomic mass is 9.94. The Bertz CT molecular complexity index is 488. The Morgan fingerprint density at radius 1 is 1.35 bits per heavy atom. The van der Waals surface area contributed by atoms with E-state index in [1.165, 1.54) is 16.7 Å². The van der Waals surface area contributed by atoms with E-state index in [2.05, 4.69) is 23.5 Å². The van der Waals surface area contributed by atoms with Crippen LogP contribution in [0.3, 0.4) is 0 Å². The summed E-state index contributed by atoms with van der Waals surface area (Å²) in [4.78, 5) is 12.0. The Labute approximate surface area is 121 Å². The van der Waals surface area contributed by atoms with Gasteiger partial charge >= 0.3 is 5.97 Å². The summed E-state index contributed by atoms with van der Waals surface area (Å²) in [5.74, 6) is -0.217. The summed E-state index contributed by atoms with van der Waals surface area (Å²) < 4.78 is 5.44. The Hall–Kier alpha value is -1.35. The van der Waals surface area contributed by atoms with Crippen molar-refractivity contribution in [3.05, 3.63) is 34.9 Å². The summed E-state index contributed by atoms with van der Waals surface area (Å²) in [6.07, 6.45) is 1.82. The van der Waals surface area contributed by atoms with Crippen molar-refractivity contribution >= 4 is 5.97 Å². The zero-order chi connectivity index (χ0) is 14.8. The fraction of sp³-hybridized carbons (Fsp3) is 0.588. The SMILES string of the molecule is CC(Cc1ccc2c(c1)CCNC2)C(=O)OC(C)(C)C. The van der Waals surface area contributed by atoms with Gasteiger partial charge in [0, 0.05) is 6.54 Å². The summed E-state index contributed by atoms with van der Waals surface area (Å²) in [7, 11) is 0. The molecule has 0 aromatic heterocycles. The first-order chi connectivity index (χ1) is 9.35. The molecule has 0 aliphatic carbocycles. The summed E-state index contributed by atoms with van der Waals surface area (Å²) in [6, 6.07) is 6.56. The number of hydrogen-bond donors (Lipinski definition) is 1. The minimum absolute atomic E-state index is 0.103. The molecule has 0 radical (unpaired) electrons. The van der Waals surface area contributed by atoms with Crippen molar-refractivity contribution in [2.45, 2.75) is 52.7 Å². The average Bonchev–Trinajstić information content (AvgIpc) is 2.36. The Morgan fingerprint density at radius 3 is 2.80 bits per heavy atom. The lowest BCUT2D eigenvalue weighted by molar-refractivity contribution is -0.159. The van der Waals surface area contributed by atoms with E-state index in [0.717, 1.165) is 25.9 Å². The largest absolute Gasteiger partial charge is 0.460 e. The third-order valence-corrected chi connectivity index (χ3v) is 3.51. The van der Waals surface area contributed by atoms with Gasteiger partial charge in [0.1, 0.15) is 5.60 Å². The molecule has 1 N–H and O–H groups in total. The lowest BCUT2D eigenvalue weighted by Gasteiger charge is -2.23. The average molecular weight is 275 g/mol. The summed E-state index contributed by atoms with van der Waals surface area (Å²) in [5.41, 5.74) is 3.61. The van der Waals surface area contributed by atoms with Gasteiger partial charge in [-0.15, -0.1) is 0 Å². The Kier molecular flexibility index (Phi) is 4.48. The molecule has 0 fully saturated rings. The molecule has 3 nitrogen and oxygen atoms in total. The molecule has 0 spiro atoms. The molecule has 1 unspecified atom stereocenters. The molecule has 0 saturated carbocycles. The van der Waals surface area contributed by atoms with Crippen molar-refractivity contribution in [2.75, 3.05) is 6.54 Å². The lowest BCUT2D eigenvalue weighted by Crippen LogP contribution is -2.28. The third kappa shape index (κ3) is 4.07. The number of rotatable bonds is 3. The Morgan fingerprint density at radius 2 is 2.10 bits per heavy atom. The van der Waals surface area contributed by atoms with E-state index in [1.54, 1.807) is 0 Å². The van der Waals surface area contributed by atoms with Crippen LogP contribution in [0.1, 0.15) is 44.4 Å². The van der Waals surface area contributed by atoms with Crippen LogP contribution in [0.2, 0.25) is 0 Å². The molecular weight excluding hydrogens is 250 g/mol. The highest BCUT2D eigenvalue weighted by Crippen LogP contribution is 2.19. The van der Waals surface area contributed by atoms with Crippen molar-refractivity contribution in [1.82, 2.24) is 5.32 Å². The molecule has 1 aliphatic heterocycles. The van der Waals surface area contributed by atoms with Crippen molar-refractivity contribution in [1.29, 1.82) is 0 Å². The maximum Gasteiger partial charge on any atom is 0.309 e. The number of nitrogens with one attached hydrogen (secondary N) is 1. The van der Waals surface area contributed by atoms with Crippen LogP contribution >= 0.6 is 0 Å². The normalized spacial score (nSPS) is 16.4. The van der Waals surface area contributed by atoms with Crippen molar-refractivity contribution in [3.63, 3.8) is 0 Å². The summed E-state index contributed by atoms with van der Waals surface area (Å²) in [6.45, 7) is 9.65. The van der Waals surface area contributed by atoms with Gasteiger partial charge in [0.2, 0.25) is 0 Å². The standard InChI is InChI=1S/C17H25NO2/c1-12(16(19)20-17(2,3)4)9-13-5-6-15-11-18-8-7-14(15)10-13/h5-6,10,12,18H,7-9,11H2,1-4H3. The molecule has 3 heteroatoms. The zero-order valence-corrected chi connectivity index (χ0v) is 13.0. The van der Waals surface area contributed by atoms with Gasteiger partial charge in [0.05, 0.1) is 5.92 Å². The van der Waals surface area contributed by atoms with E-state index >= 15 is 0 Å². The highest BCUT2D eigenvalue weighted by molar-refractivity contribution is 5.72. The first-order valence-corrected chi connectivity index (χ1v) is 7.39. The van der Waals surface area contributed by atoms with E-state index in [0.29, 0.717) is 0 Å². The quantitative estimate of drug-likeness (QED) is 0.862. The second kappa shape index (κ2) is 5.96. The van der Waals surface area contributed by atoms with Gasteiger partial charge in [-0.1, -0.05) is 25.1 Å². The number of fused-ring (bicyclic) bond motifs is 1. The van der Waals surface area contributed by atoms with Crippen LogP contribution in [0.25, 0.3) is 0 Å². The maximum absolute atomic E-state index is 12.0. The van der Waals surface area contributed by atoms with E-state index in [-0.39, 0.29) is 11.9 Å². The fourth-order valence-corrected chi connectivity index (χ4v) is 2.50. The highest BCUT2D eigenvalue weighted by Gasteiger charge is 2.22. The number of carbonyl (C=O) groups excluding carboxylic acids is 1.